The van der Waals surface area contributed by atoms with Crippen molar-refractivity contribution in [3.05, 3.63) is 29.3 Å². The van der Waals surface area contributed by atoms with Gasteiger partial charge < -0.3 is 4.74 Å². The molecule has 9 heteroatoms. The van der Waals surface area contributed by atoms with Gasteiger partial charge in [0.25, 0.3) is 0 Å². The van der Waals surface area contributed by atoms with Crippen molar-refractivity contribution in [3.63, 3.8) is 0 Å². The van der Waals surface area contributed by atoms with Crippen LogP contribution in [0.1, 0.15) is 15.9 Å². The first-order valence-corrected chi connectivity index (χ1v) is 6.63. The Hall–Kier alpha value is -2.21. The number of halogens is 3. The highest BCUT2D eigenvalue weighted by molar-refractivity contribution is 8.13. The minimum Gasteiger partial charge on any atom is -0.465 e. The Bertz CT molecular complexity index is 609. The highest BCUT2D eigenvalue weighted by atomic mass is 32.2. The van der Waals surface area contributed by atoms with Crippen LogP contribution in [0.4, 0.5) is 18.9 Å². The van der Waals surface area contributed by atoms with Gasteiger partial charge in [-0.05, 0) is 24.5 Å². The zero-order valence-corrected chi connectivity index (χ0v) is 11.8. The fourth-order valence-electron chi connectivity index (χ4n) is 1.36. The highest BCUT2D eigenvalue weighted by Gasteiger charge is 2.31. The molecule has 0 aliphatic heterocycles. The standard InChI is InChI=1S/C12H10F3N3O2S/c1-20-10(19)8-4-3-7(12(13,14)15)5-9(8)18-11(21-2)17-6-16/h3-5H,1-2H3,(H,17,18). The molecule has 0 atom stereocenters. The summed E-state index contributed by atoms with van der Waals surface area (Å²) in [5.41, 5.74) is -1.31. The van der Waals surface area contributed by atoms with E-state index >= 15 is 0 Å². The lowest BCUT2D eigenvalue weighted by molar-refractivity contribution is -0.137. The molecule has 112 valence electrons. The summed E-state index contributed by atoms with van der Waals surface area (Å²) in [7, 11) is 1.11. The predicted molar refractivity (Wildman–Crippen MR) is 72.1 cm³/mol. The van der Waals surface area contributed by atoms with Gasteiger partial charge in [0.05, 0.1) is 23.9 Å². The molecule has 0 fully saturated rings. The van der Waals surface area contributed by atoms with Crippen molar-refractivity contribution >= 4 is 28.6 Å². The maximum atomic E-state index is 12.7. The quantitative estimate of drug-likeness (QED) is 0.298. The van der Waals surface area contributed by atoms with Crippen LogP contribution in [0.15, 0.2) is 23.2 Å². The van der Waals surface area contributed by atoms with Gasteiger partial charge in [-0.25, -0.2) is 9.79 Å². The summed E-state index contributed by atoms with van der Waals surface area (Å²) in [5.74, 6) is -0.820. The zero-order chi connectivity index (χ0) is 16.0. The van der Waals surface area contributed by atoms with Gasteiger partial charge >= 0.3 is 12.1 Å². The summed E-state index contributed by atoms with van der Waals surface area (Å²) < 4.78 is 42.6. The third-order valence-corrected chi connectivity index (χ3v) is 2.89. The average molecular weight is 317 g/mol. The number of hydrogen-bond acceptors (Lipinski definition) is 5. The Morgan fingerprint density at radius 3 is 2.62 bits per heavy atom. The second-order valence-electron chi connectivity index (χ2n) is 3.58. The second kappa shape index (κ2) is 6.99. The number of rotatable bonds is 2. The van der Waals surface area contributed by atoms with E-state index in [0.29, 0.717) is 0 Å². The smallest absolute Gasteiger partial charge is 0.416 e. The second-order valence-corrected chi connectivity index (χ2v) is 4.37. The van der Waals surface area contributed by atoms with Crippen LogP contribution in [0, 0.1) is 11.5 Å². The molecule has 0 heterocycles. The molecule has 0 spiro atoms. The Kier molecular flexibility index (Phi) is 5.60. The third kappa shape index (κ3) is 4.39. The maximum Gasteiger partial charge on any atom is 0.416 e. The van der Waals surface area contributed by atoms with E-state index in [0.717, 1.165) is 37.1 Å². The van der Waals surface area contributed by atoms with Crippen LogP contribution in [0.3, 0.4) is 0 Å². The van der Waals surface area contributed by atoms with Crippen LogP contribution in [0.2, 0.25) is 0 Å². The van der Waals surface area contributed by atoms with Gasteiger partial charge in [0.15, 0.2) is 11.4 Å². The number of nitrogens with zero attached hydrogens (tertiary/aromatic N) is 2. The molecule has 1 aromatic carbocycles. The number of carbonyl (C=O) groups excluding carboxylic acids is 1. The van der Waals surface area contributed by atoms with Crippen molar-refractivity contribution in [1.29, 1.82) is 5.26 Å². The van der Waals surface area contributed by atoms with Crippen LogP contribution in [-0.4, -0.2) is 24.5 Å². The first kappa shape index (κ1) is 16.8. The minimum absolute atomic E-state index is 0.0574. The highest BCUT2D eigenvalue weighted by Crippen LogP contribution is 2.33. The van der Waals surface area contributed by atoms with E-state index in [1.807, 2.05) is 0 Å². The van der Waals surface area contributed by atoms with E-state index in [1.54, 1.807) is 12.4 Å². The molecule has 1 N–H and O–H groups in total. The number of methoxy groups -OCH3 is 1. The van der Waals surface area contributed by atoms with E-state index in [9.17, 15) is 18.0 Å². The summed E-state index contributed by atoms with van der Waals surface area (Å²) in [6, 6.07) is 2.47. The van der Waals surface area contributed by atoms with Gasteiger partial charge in [-0.3, -0.25) is 5.32 Å². The SMILES string of the molecule is COC(=O)c1ccc(C(F)(F)F)cc1N=C(NC#N)SC. The van der Waals surface area contributed by atoms with E-state index in [4.69, 9.17) is 5.26 Å². The predicted octanol–water partition coefficient (Wildman–Crippen LogP) is 2.91. The molecule has 0 aromatic heterocycles. The summed E-state index contributed by atoms with van der Waals surface area (Å²) in [4.78, 5) is 15.4. The van der Waals surface area contributed by atoms with Gasteiger partial charge in [-0.2, -0.15) is 18.4 Å². The molecule has 0 bridgehead atoms. The van der Waals surface area contributed by atoms with Crippen LogP contribution in [0.5, 0.6) is 0 Å². The minimum atomic E-state index is -4.57. The number of amidine groups is 1. The number of ether oxygens (including phenoxy) is 1. The number of alkyl halides is 3. The monoisotopic (exact) mass is 317 g/mol. The molecular formula is C12H10F3N3O2S. The molecule has 1 aromatic rings. The third-order valence-electron chi connectivity index (χ3n) is 2.31. The lowest BCUT2D eigenvalue weighted by Crippen LogP contribution is -2.13. The van der Waals surface area contributed by atoms with Gasteiger partial charge in [-0.15, -0.1) is 0 Å². The summed E-state index contributed by atoms with van der Waals surface area (Å²) in [6.07, 6.45) is -1.38. The van der Waals surface area contributed by atoms with Crippen molar-refractivity contribution in [2.45, 2.75) is 6.18 Å². The molecule has 0 amide bonds. The average Bonchev–Trinajstić information content (AvgIpc) is 2.44. The number of hydrogen-bond donors (Lipinski definition) is 1. The molecule has 1 rings (SSSR count). The molecule has 5 nitrogen and oxygen atoms in total. The van der Waals surface area contributed by atoms with Gasteiger partial charge in [0, 0.05) is 0 Å². The van der Waals surface area contributed by atoms with Crippen molar-refractivity contribution < 1.29 is 22.7 Å². The summed E-state index contributed by atoms with van der Waals surface area (Å²) in [5, 5.41) is 10.8. The summed E-state index contributed by atoms with van der Waals surface area (Å²) >= 11 is 1.01. The van der Waals surface area contributed by atoms with E-state index in [1.165, 1.54) is 0 Å². The van der Waals surface area contributed by atoms with Gasteiger partial charge in [0.2, 0.25) is 0 Å². The Labute approximate surface area is 122 Å². The van der Waals surface area contributed by atoms with E-state index < -0.39 is 17.7 Å². The van der Waals surface area contributed by atoms with E-state index in [-0.39, 0.29) is 16.4 Å². The lowest BCUT2D eigenvalue weighted by atomic mass is 10.1. The summed E-state index contributed by atoms with van der Waals surface area (Å²) in [6.45, 7) is 0. The van der Waals surface area contributed by atoms with Gasteiger partial charge in [-0.1, -0.05) is 11.8 Å². The molecule has 21 heavy (non-hydrogen) atoms. The topological polar surface area (TPSA) is 74.5 Å². The molecular weight excluding hydrogens is 307 g/mol. The number of nitrogens with one attached hydrogen (secondary N) is 1. The number of thioether (sulfide) groups is 1. The fraction of sp³-hybridized carbons (Fsp3) is 0.250. The van der Waals surface area contributed by atoms with Crippen molar-refractivity contribution in [2.24, 2.45) is 4.99 Å². The number of nitriles is 1. The Morgan fingerprint density at radius 2 is 2.14 bits per heavy atom. The Balaban J connectivity index is 3.43. The molecule has 0 aliphatic rings. The lowest BCUT2D eigenvalue weighted by Gasteiger charge is -2.10. The molecule has 0 saturated carbocycles. The molecule has 0 radical (unpaired) electrons. The number of benzene rings is 1. The first-order valence-electron chi connectivity index (χ1n) is 5.40. The number of carbonyl (C=O) groups is 1. The molecule has 0 aliphatic carbocycles. The zero-order valence-electron chi connectivity index (χ0n) is 11.0. The van der Waals surface area contributed by atoms with Crippen LogP contribution in [0.25, 0.3) is 0 Å². The fourth-order valence-corrected chi connectivity index (χ4v) is 1.70. The maximum absolute atomic E-state index is 12.7. The van der Waals surface area contributed by atoms with E-state index in [2.05, 4.69) is 15.0 Å². The van der Waals surface area contributed by atoms with Gasteiger partial charge in [0.1, 0.15) is 0 Å². The first-order chi connectivity index (χ1) is 9.83. The Morgan fingerprint density at radius 1 is 1.48 bits per heavy atom. The largest absolute Gasteiger partial charge is 0.465 e. The number of esters is 1. The van der Waals surface area contributed by atoms with Crippen molar-refractivity contribution in [2.75, 3.05) is 13.4 Å². The molecule has 0 unspecified atom stereocenters. The van der Waals surface area contributed by atoms with Crippen LogP contribution >= 0.6 is 11.8 Å². The van der Waals surface area contributed by atoms with Crippen LogP contribution < -0.4 is 5.32 Å². The van der Waals surface area contributed by atoms with Crippen molar-refractivity contribution in [3.8, 4) is 6.19 Å². The normalized spacial score (nSPS) is 11.7. The molecule has 0 saturated heterocycles. The van der Waals surface area contributed by atoms with Crippen LogP contribution in [-0.2, 0) is 10.9 Å². The number of aliphatic imine (C=N–C) groups is 1. The van der Waals surface area contributed by atoms with Crippen molar-refractivity contribution in [1.82, 2.24) is 5.32 Å².